The lowest BCUT2D eigenvalue weighted by atomic mass is 9.89. The number of carbonyl (C=O) groups excluding carboxylic acids is 1. The molecule has 0 aromatic rings. The quantitative estimate of drug-likeness (QED) is 0.705. The van der Waals surface area contributed by atoms with Gasteiger partial charge in [-0.25, -0.2) is 0 Å². The summed E-state index contributed by atoms with van der Waals surface area (Å²) in [5.74, 6) is 0.469. The standard InChI is InChI=1S/C17H32O4/c1-6-9-20-16-11-19-10-13(4)17(18)21-14(5)15(16)8-7-12(2)3/h12-16H,6-11H2,1-5H3/t13-,14-,15-,16-/m0/s1. The van der Waals surface area contributed by atoms with Crippen molar-refractivity contribution in [2.24, 2.45) is 17.8 Å². The monoisotopic (exact) mass is 300 g/mol. The van der Waals surface area contributed by atoms with Gasteiger partial charge in [0.15, 0.2) is 0 Å². The highest BCUT2D eigenvalue weighted by Crippen LogP contribution is 2.26. The van der Waals surface area contributed by atoms with Crippen LogP contribution in [0.15, 0.2) is 0 Å². The minimum atomic E-state index is -0.205. The summed E-state index contributed by atoms with van der Waals surface area (Å²) in [5.41, 5.74) is 0. The van der Waals surface area contributed by atoms with E-state index in [1.807, 2.05) is 13.8 Å². The SMILES string of the molecule is CCCO[C@H]1COC[C@H](C)C(=O)O[C@@H](C)[C@@H]1CCC(C)C. The number of carbonyl (C=O) groups is 1. The van der Waals surface area contributed by atoms with E-state index in [0.717, 1.165) is 25.9 Å². The van der Waals surface area contributed by atoms with Crippen molar-refractivity contribution in [2.45, 2.75) is 66.1 Å². The van der Waals surface area contributed by atoms with E-state index in [2.05, 4.69) is 20.8 Å². The van der Waals surface area contributed by atoms with E-state index in [9.17, 15) is 4.79 Å². The minimum absolute atomic E-state index is 0.0109. The minimum Gasteiger partial charge on any atom is -0.462 e. The normalized spacial score (nSPS) is 31.4. The molecule has 1 rings (SSSR count). The van der Waals surface area contributed by atoms with Gasteiger partial charge in [0.25, 0.3) is 0 Å². The number of hydrogen-bond acceptors (Lipinski definition) is 4. The van der Waals surface area contributed by atoms with E-state index >= 15 is 0 Å². The molecule has 0 N–H and O–H groups in total. The molecule has 1 aliphatic rings. The molecule has 124 valence electrons. The summed E-state index contributed by atoms with van der Waals surface area (Å²) in [4.78, 5) is 12.0. The molecule has 0 bridgehead atoms. The summed E-state index contributed by atoms with van der Waals surface area (Å²) in [6.07, 6.45) is 2.98. The Kier molecular flexibility index (Phi) is 8.27. The Labute approximate surface area is 129 Å². The Morgan fingerprint density at radius 3 is 2.62 bits per heavy atom. The molecular weight excluding hydrogens is 268 g/mol. The first-order valence-corrected chi connectivity index (χ1v) is 8.35. The molecule has 0 saturated carbocycles. The van der Waals surface area contributed by atoms with Gasteiger partial charge in [-0.2, -0.15) is 0 Å². The van der Waals surface area contributed by atoms with Crippen LogP contribution >= 0.6 is 0 Å². The summed E-state index contributed by atoms with van der Waals surface area (Å²) >= 11 is 0. The molecule has 0 radical (unpaired) electrons. The Hall–Kier alpha value is -0.610. The van der Waals surface area contributed by atoms with E-state index in [0.29, 0.717) is 19.1 Å². The van der Waals surface area contributed by atoms with E-state index < -0.39 is 0 Å². The third-order valence-corrected chi connectivity index (χ3v) is 4.05. The Balaban J connectivity index is 2.79. The first-order chi connectivity index (χ1) is 9.95. The lowest BCUT2D eigenvalue weighted by molar-refractivity contribution is -0.157. The van der Waals surface area contributed by atoms with Crippen LogP contribution in [-0.2, 0) is 19.0 Å². The van der Waals surface area contributed by atoms with Gasteiger partial charge in [0.1, 0.15) is 6.10 Å². The van der Waals surface area contributed by atoms with Crippen LogP contribution in [0.4, 0.5) is 0 Å². The van der Waals surface area contributed by atoms with Crippen LogP contribution in [0.3, 0.4) is 0 Å². The maximum atomic E-state index is 12.0. The van der Waals surface area contributed by atoms with Crippen molar-refractivity contribution >= 4 is 5.97 Å². The van der Waals surface area contributed by atoms with Crippen molar-refractivity contribution in [1.82, 2.24) is 0 Å². The fraction of sp³-hybridized carbons (Fsp3) is 0.941. The lowest BCUT2D eigenvalue weighted by Gasteiger charge is -2.31. The molecule has 0 unspecified atom stereocenters. The van der Waals surface area contributed by atoms with E-state index in [-0.39, 0.29) is 30.0 Å². The smallest absolute Gasteiger partial charge is 0.311 e. The molecule has 0 aromatic carbocycles. The molecule has 0 amide bonds. The van der Waals surface area contributed by atoms with Gasteiger partial charge in [-0.05, 0) is 32.6 Å². The third kappa shape index (κ3) is 6.35. The Morgan fingerprint density at radius 1 is 1.29 bits per heavy atom. The van der Waals surface area contributed by atoms with Gasteiger partial charge in [-0.3, -0.25) is 4.79 Å². The summed E-state index contributed by atoms with van der Waals surface area (Å²) in [7, 11) is 0. The second-order valence-corrected chi connectivity index (χ2v) is 6.62. The Bertz CT molecular complexity index is 303. The average Bonchev–Trinajstić information content (AvgIpc) is 2.46. The molecule has 4 nitrogen and oxygen atoms in total. The lowest BCUT2D eigenvalue weighted by Crippen LogP contribution is -2.37. The van der Waals surface area contributed by atoms with Crippen molar-refractivity contribution in [2.75, 3.05) is 19.8 Å². The van der Waals surface area contributed by atoms with Crippen LogP contribution in [-0.4, -0.2) is 38.0 Å². The van der Waals surface area contributed by atoms with E-state index in [1.54, 1.807) is 0 Å². The van der Waals surface area contributed by atoms with Crippen molar-refractivity contribution in [3.05, 3.63) is 0 Å². The van der Waals surface area contributed by atoms with E-state index in [1.165, 1.54) is 0 Å². The van der Waals surface area contributed by atoms with E-state index in [4.69, 9.17) is 14.2 Å². The van der Waals surface area contributed by atoms with Gasteiger partial charge in [-0.1, -0.05) is 27.2 Å². The van der Waals surface area contributed by atoms with Gasteiger partial charge in [0, 0.05) is 12.5 Å². The van der Waals surface area contributed by atoms with Crippen molar-refractivity contribution in [1.29, 1.82) is 0 Å². The summed E-state index contributed by atoms with van der Waals surface area (Å²) in [6.45, 7) is 12.1. The second-order valence-electron chi connectivity index (χ2n) is 6.62. The predicted molar refractivity (Wildman–Crippen MR) is 83.1 cm³/mol. The highest BCUT2D eigenvalue weighted by Gasteiger charge is 2.33. The summed E-state index contributed by atoms with van der Waals surface area (Å²) < 4.78 is 17.3. The largest absolute Gasteiger partial charge is 0.462 e. The van der Waals surface area contributed by atoms with Crippen LogP contribution in [0.1, 0.15) is 53.9 Å². The molecule has 1 aliphatic heterocycles. The topological polar surface area (TPSA) is 44.8 Å². The molecule has 1 saturated heterocycles. The first kappa shape index (κ1) is 18.4. The summed E-state index contributed by atoms with van der Waals surface area (Å²) in [6, 6.07) is 0. The fourth-order valence-corrected chi connectivity index (χ4v) is 2.63. The molecule has 1 fully saturated rings. The van der Waals surface area contributed by atoms with Gasteiger partial charge in [-0.15, -0.1) is 0 Å². The average molecular weight is 300 g/mol. The molecule has 21 heavy (non-hydrogen) atoms. The van der Waals surface area contributed by atoms with Crippen LogP contribution < -0.4 is 0 Å². The van der Waals surface area contributed by atoms with Crippen LogP contribution in [0.5, 0.6) is 0 Å². The van der Waals surface area contributed by atoms with Gasteiger partial charge in [0.2, 0.25) is 0 Å². The molecule has 0 spiro atoms. The number of esters is 1. The first-order valence-electron chi connectivity index (χ1n) is 8.35. The maximum Gasteiger partial charge on any atom is 0.311 e. The van der Waals surface area contributed by atoms with Crippen LogP contribution in [0, 0.1) is 17.8 Å². The number of rotatable bonds is 6. The molecule has 0 aliphatic carbocycles. The number of cyclic esters (lactones) is 1. The highest BCUT2D eigenvalue weighted by atomic mass is 16.6. The van der Waals surface area contributed by atoms with Gasteiger partial charge in [0.05, 0.1) is 25.2 Å². The Morgan fingerprint density at radius 2 is 2.00 bits per heavy atom. The maximum absolute atomic E-state index is 12.0. The van der Waals surface area contributed by atoms with Gasteiger partial charge < -0.3 is 14.2 Å². The zero-order valence-electron chi connectivity index (χ0n) is 14.3. The van der Waals surface area contributed by atoms with Crippen LogP contribution in [0.25, 0.3) is 0 Å². The van der Waals surface area contributed by atoms with Crippen molar-refractivity contribution in [3.63, 3.8) is 0 Å². The zero-order chi connectivity index (χ0) is 15.8. The van der Waals surface area contributed by atoms with Crippen LogP contribution in [0.2, 0.25) is 0 Å². The molecule has 0 aromatic heterocycles. The summed E-state index contributed by atoms with van der Waals surface area (Å²) in [5, 5.41) is 0. The number of hydrogen-bond donors (Lipinski definition) is 0. The molecule has 4 heteroatoms. The zero-order valence-corrected chi connectivity index (χ0v) is 14.3. The van der Waals surface area contributed by atoms with Gasteiger partial charge >= 0.3 is 5.97 Å². The number of ether oxygens (including phenoxy) is 3. The van der Waals surface area contributed by atoms with Crippen molar-refractivity contribution in [3.8, 4) is 0 Å². The predicted octanol–water partition coefficient (Wildman–Crippen LogP) is 3.43. The molecule has 1 heterocycles. The fourth-order valence-electron chi connectivity index (χ4n) is 2.63. The molecular formula is C17H32O4. The second kappa shape index (κ2) is 9.42. The van der Waals surface area contributed by atoms with Crippen molar-refractivity contribution < 1.29 is 19.0 Å². The molecule has 4 atom stereocenters. The third-order valence-electron chi connectivity index (χ3n) is 4.05. The highest BCUT2D eigenvalue weighted by molar-refractivity contribution is 5.72.